The topological polar surface area (TPSA) is 197 Å². The van der Waals surface area contributed by atoms with E-state index in [0.717, 1.165) is 45.4 Å². The highest BCUT2D eigenvalue weighted by atomic mass is 16.6. The van der Waals surface area contributed by atoms with Crippen LogP contribution in [0.2, 0.25) is 0 Å². The van der Waals surface area contributed by atoms with Crippen molar-refractivity contribution in [2.45, 2.75) is 30.6 Å². The molecular formula is C74H71N3O12. The van der Waals surface area contributed by atoms with Crippen LogP contribution in [0, 0.1) is 10.1 Å². The van der Waals surface area contributed by atoms with Crippen molar-refractivity contribution in [3.8, 4) is 40.2 Å². The summed E-state index contributed by atoms with van der Waals surface area (Å²) in [5.74, 6) is 4.83. The number of nitrogens with one attached hydrogen (secondary N) is 2. The van der Waals surface area contributed by atoms with E-state index in [1.807, 2.05) is 115 Å². The third-order valence-corrected chi connectivity index (χ3v) is 14.4. The Bertz CT molecular complexity index is 3710. The number of nitro groups is 1. The molecule has 3 atom stereocenters. The molecule has 0 aliphatic heterocycles. The van der Waals surface area contributed by atoms with Crippen LogP contribution in [-0.4, -0.2) is 75.0 Å². The number of rotatable bonds is 24. The molecule has 454 valence electrons. The van der Waals surface area contributed by atoms with Crippen molar-refractivity contribution < 1.29 is 53.1 Å². The van der Waals surface area contributed by atoms with E-state index in [-0.39, 0.29) is 34.9 Å². The fourth-order valence-corrected chi connectivity index (χ4v) is 9.93. The molecule has 15 nitrogen and oxygen atoms in total. The standard InChI is InChI=1S/C30H28N2O6.C24H25NO4.C20H18O2/c1-36-26-14-8-23(9-15-26)29(22-6-3-2-4-7-22)24-10-16-27(17-11-24)37-21-5-20-31-30(33)38-28-18-12-25(13-19-28)32(34)35;1-28-21-12-8-19(9-13-21)23(18-6-3-2-4-7-18)20-10-14-22(15-11-20)29-17-5-16-25-24(26)27;1-22-19-13-9-17(10-14-19)20(15-5-3-2-4-6-15)16-7-11-18(21)12-8-16/h2-4,6-19,29H,5,20-21H2,1H3,(H,31,33);2-4,6-15,23,25H,5,16-17H2,1H3,(H,26,27);2-14,20-21H,1H3. The Morgan fingerprint density at radius 3 is 0.978 bits per heavy atom. The largest absolute Gasteiger partial charge is 0.508 e. The molecule has 0 saturated carbocycles. The van der Waals surface area contributed by atoms with Crippen LogP contribution in [0.25, 0.3) is 0 Å². The van der Waals surface area contributed by atoms with Crippen molar-refractivity contribution in [2.24, 2.45) is 0 Å². The van der Waals surface area contributed by atoms with E-state index < -0.39 is 17.1 Å². The molecule has 0 aliphatic carbocycles. The molecule has 0 aromatic heterocycles. The molecule has 0 saturated heterocycles. The highest BCUT2D eigenvalue weighted by Gasteiger charge is 2.20. The van der Waals surface area contributed by atoms with Gasteiger partial charge in [-0.3, -0.25) is 10.1 Å². The normalized spacial score (nSPS) is 11.5. The number of phenolic OH excluding ortho intramolecular Hbond substituents is 1. The summed E-state index contributed by atoms with van der Waals surface area (Å²) in [7, 11) is 5.00. The first kappa shape index (κ1) is 63.9. The molecule has 10 aromatic rings. The number of carbonyl (C=O) groups excluding carboxylic acids is 1. The van der Waals surface area contributed by atoms with Crippen LogP contribution >= 0.6 is 0 Å². The quantitative estimate of drug-likeness (QED) is 0.0194. The first-order chi connectivity index (χ1) is 43.5. The number of ether oxygens (including phenoxy) is 6. The van der Waals surface area contributed by atoms with Crippen molar-refractivity contribution in [1.82, 2.24) is 10.6 Å². The lowest BCUT2D eigenvalue weighted by Gasteiger charge is -2.19. The fraction of sp³-hybridized carbons (Fsp3) is 0.162. The monoisotopic (exact) mass is 1190 g/mol. The minimum atomic E-state index is -1.01. The van der Waals surface area contributed by atoms with Gasteiger partial charge in [-0.2, -0.15) is 0 Å². The summed E-state index contributed by atoms with van der Waals surface area (Å²) >= 11 is 0. The number of benzene rings is 10. The van der Waals surface area contributed by atoms with Gasteiger partial charge in [0.1, 0.15) is 40.2 Å². The third kappa shape index (κ3) is 19.5. The van der Waals surface area contributed by atoms with Crippen LogP contribution in [0.1, 0.15) is 80.7 Å². The Kier molecular flexibility index (Phi) is 24.1. The lowest BCUT2D eigenvalue weighted by atomic mass is 9.85. The van der Waals surface area contributed by atoms with Gasteiger partial charge < -0.3 is 49.3 Å². The van der Waals surface area contributed by atoms with Gasteiger partial charge in [0.15, 0.2) is 0 Å². The van der Waals surface area contributed by atoms with Crippen molar-refractivity contribution in [3.05, 3.63) is 321 Å². The van der Waals surface area contributed by atoms with E-state index >= 15 is 0 Å². The van der Waals surface area contributed by atoms with Crippen LogP contribution in [0.4, 0.5) is 15.3 Å². The number of hydrogen-bond donors (Lipinski definition) is 4. The maximum atomic E-state index is 11.9. The van der Waals surface area contributed by atoms with Gasteiger partial charge in [0.05, 0.1) is 39.5 Å². The van der Waals surface area contributed by atoms with Crippen molar-refractivity contribution in [2.75, 3.05) is 47.6 Å². The molecular weight excluding hydrogens is 1120 g/mol. The van der Waals surface area contributed by atoms with E-state index in [1.165, 1.54) is 57.6 Å². The van der Waals surface area contributed by atoms with Gasteiger partial charge in [-0.05, 0) is 148 Å². The molecule has 0 spiro atoms. The number of non-ortho nitro benzene ring substituents is 1. The van der Waals surface area contributed by atoms with Gasteiger partial charge in [0.25, 0.3) is 5.69 Å². The zero-order chi connectivity index (χ0) is 62.6. The number of amides is 2. The SMILES string of the molecule is COc1ccc(C(c2ccccc2)c2ccc(O)cc2)cc1.COc1ccc(C(c2ccccc2)c2ccc(OCCCNC(=O)O)cc2)cc1.COc1ccc(C(c2ccccc2)c2ccc(OCCCNC(=O)Oc3ccc([N+](=O)[O-])cc3)cc2)cc1. The first-order valence-electron chi connectivity index (χ1n) is 29.0. The van der Waals surface area contributed by atoms with E-state index in [9.17, 15) is 24.8 Å². The summed E-state index contributed by atoms with van der Waals surface area (Å²) in [6.45, 7) is 1.61. The Balaban J connectivity index is 0.000000179. The Labute approximate surface area is 518 Å². The lowest BCUT2D eigenvalue weighted by molar-refractivity contribution is -0.384. The lowest BCUT2D eigenvalue weighted by Crippen LogP contribution is -2.28. The summed E-state index contributed by atoms with van der Waals surface area (Å²) in [5.41, 5.74) is 10.6. The van der Waals surface area contributed by atoms with Crippen LogP contribution in [0.3, 0.4) is 0 Å². The minimum Gasteiger partial charge on any atom is -0.508 e. The van der Waals surface area contributed by atoms with Crippen LogP contribution in [-0.2, 0) is 0 Å². The number of phenols is 1. The number of carboxylic acid groups (broad SMARTS) is 1. The molecule has 0 aliphatic rings. The Morgan fingerprint density at radius 2 is 0.674 bits per heavy atom. The van der Waals surface area contributed by atoms with E-state index in [2.05, 4.69) is 120 Å². The molecule has 10 rings (SSSR count). The zero-order valence-corrected chi connectivity index (χ0v) is 49.7. The highest BCUT2D eigenvalue weighted by molar-refractivity contribution is 5.70. The average molecular weight is 1190 g/mol. The minimum absolute atomic E-state index is 0.0701. The summed E-state index contributed by atoms with van der Waals surface area (Å²) in [5, 5.41) is 33.8. The van der Waals surface area contributed by atoms with Crippen molar-refractivity contribution in [3.63, 3.8) is 0 Å². The molecule has 15 heteroatoms. The zero-order valence-electron chi connectivity index (χ0n) is 49.7. The van der Waals surface area contributed by atoms with Gasteiger partial charge in [0.2, 0.25) is 0 Å². The number of aromatic hydroxyl groups is 1. The number of nitro benzene ring substituents is 1. The third-order valence-electron chi connectivity index (χ3n) is 14.4. The van der Waals surface area contributed by atoms with Gasteiger partial charge in [-0.25, -0.2) is 9.59 Å². The summed E-state index contributed by atoms with van der Waals surface area (Å²) < 4.78 is 32.5. The molecule has 0 bridgehead atoms. The van der Waals surface area contributed by atoms with Crippen LogP contribution in [0.5, 0.6) is 40.2 Å². The second-order valence-electron chi connectivity index (χ2n) is 20.3. The van der Waals surface area contributed by atoms with Crippen molar-refractivity contribution in [1.29, 1.82) is 0 Å². The summed E-state index contributed by atoms with van der Waals surface area (Å²) in [6.07, 6.45) is -0.448. The van der Waals surface area contributed by atoms with Gasteiger partial charge in [-0.1, -0.05) is 164 Å². The molecule has 89 heavy (non-hydrogen) atoms. The van der Waals surface area contributed by atoms with E-state index in [1.54, 1.807) is 33.5 Å². The predicted octanol–water partition coefficient (Wildman–Crippen LogP) is 15.8. The predicted molar refractivity (Wildman–Crippen MR) is 346 cm³/mol. The molecule has 0 fully saturated rings. The fourth-order valence-electron chi connectivity index (χ4n) is 9.93. The molecule has 3 unspecified atom stereocenters. The number of nitrogens with zero attached hydrogens (tertiary/aromatic N) is 1. The number of hydrogen-bond acceptors (Lipinski definition) is 11. The van der Waals surface area contributed by atoms with Crippen LogP contribution < -0.4 is 39.1 Å². The van der Waals surface area contributed by atoms with Gasteiger partial charge in [0, 0.05) is 43.0 Å². The molecule has 10 aromatic carbocycles. The number of methoxy groups -OCH3 is 3. The summed E-state index contributed by atoms with van der Waals surface area (Å²) in [6, 6.07) is 84.3. The molecule has 0 radical (unpaired) electrons. The smallest absolute Gasteiger partial charge is 0.412 e. The number of carbonyl (C=O) groups is 2. The summed E-state index contributed by atoms with van der Waals surface area (Å²) in [4.78, 5) is 32.5. The Morgan fingerprint density at radius 1 is 0.393 bits per heavy atom. The average Bonchev–Trinajstić information content (AvgIpc) is 2.86. The molecule has 4 N–H and O–H groups in total. The molecule has 2 amide bonds. The maximum Gasteiger partial charge on any atom is 0.412 e. The van der Waals surface area contributed by atoms with Crippen molar-refractivity contribution >= 4 is 17.9 Å². The van der Waals surface area contributed by atoms with Crippen LogP contribution in [0.15, 0.2) is 261 Å². The molecule has 0 heterocycles. The van der Waals surface area contributed by atoms with E-state index in [0.29, 0.717) is 39.1 Å². The highest BCUT2D eigenvalue weighted by Crippen LogP contribution is 2.37. The second-order valence-corrected chi connectivity index (χ2v) is 20.3. The second kappa shape index (κ2) is 33.6. The van der Waals surface area contributed by atoms with Gasteiger partial charge >= 0.3 is 12.2 Å². The maximum absolute atomic E-state index is 11.9. The first-order valence-corrected chi connectivity index (χ1v) is 29.0. The van der Waals surface area contributed by atoms with Gasteiger partial charge in [-0.15, -0.1) is 0 Å². The van der Waals surface area contributed by atoms with E-state index in [4.69, 9.17) is 33.5 Å². The Hall–Kier alpha value is -11.1.